The van der Waals surface area contributed by atoms with E-state index in [1.165, 1.54) is 19.3 Å². The third-order valence-electron chi connectivity index (χ3n) is 3.77. The molecule has 0 amide bonds. The van der Waals surface area contributed by atoms with Crippen LogP contribution in [-0.2, 0) is 4.74 Å². The molecule has 3 unspecified atom stereocenters. The molecular formula is C12H23NO. The molecule has 1 aliphatic heterocycles. The lowest BCUT2D eigenvalue weighted by Crippen LogP contribution is -2.40. The number of ether oxygens (including phenoxy) is 1. The number of rotatable bonds is 3. The van der Waals surface area contributed by atoms with Gasteiger partial charge in [0.2, 0.25) is 0 Å². The Morgan fingerprint density at radius 3 is 2.71 bits per heavy atom. The summed E-state index contributed by atoms with van der Waals surface area (Å²) in [5.41, 5.74) is 0.556. The second kappa shape index (κ2) is 3.82. The van der Waals surface area contributed by atoms with Crippen molar-refractivity contribution in [1.29, 1.82) is 0 Å². The van der Waals surface area contributed by atoms with Crippen LogP contribution in [0.1, 0.15) is 46.5 Å². The molecule has 1 saturated carbocycles. The molecule has 0 bridgehead atoms. The Hall–Kier alpha value is -0.0800. The van der Waals surface area contributed by atoms with E-state index in [1.54, 1.807) is 0 Å². The van der Waals surface area contributed by atoms with Gasteiger partial charge in [0, 0.05) is 18.7 Å². The van der Waals surface area contributed by atoms with Crippen molar-refractivity contribution in [1.82, 2.24) is 5.32 Å². The monoisotopic (exact) mass is 197 g/mol. The fourth-order valence-electron chi connectivity index (χ4n) is 2.35. The van der Waals surface area contributed by atoms with Crippen LogP contribution >= 0.6 is 0 Å². The summed E-state index contributed by atoms with van der Waals surface area (Å²) in [6.07, 6.45) is 5.42. The molecule has 1 N–H and O–H groups in total. The van der Waals surface area contributed by atoms with Crippen LogP contribution in [0.3, 0.4) is 0 Å². The Balaban J connectivity index is 1.76. The Labute approximate surface area is 87.4 Å². The summed E-state index contributed by atoms with van der Waals surface area (Å²) in [6, 6.07) is 1.48. The third kappa shape index (κ3) is 2.29. The topological polar surface area (TPSA) is 21.3 Å². The zero-order chi connectivity index (χ0) is 10.2. The molecule has 1 aliphatic carbocycles. The van der Waals surface area contributed by atoms with Crippen LogP contribution in [0.4, 0.5) is 0 Å². The van der Waals surface area contributed by atoms with Crippen molar-refractivity contribution in [2.45, 2.75) is 64.6 Å². The van der Waals surface area contributed by atoms with E-state index in [9.17, 15) is 0 Å². The first-order valence-electron chi connectivity index (χ1n) is 5.99. The first-order chi connectivity index (χ1) is 6.62. The molecule has 2 nitrogen and oxygen atoms in total. The van der Waals surface area contributed by atoms with Crippen LogP contribution in [0.15, 0.2) is 0 Å². The van der Waals surface area contributed by atoms with E-state index in [1.807, 2.05) is 0 Å². The summed E-state index contributed by atoms with van der Waals surface area (Å²) < 4.78 is 5.67. The van der Waals surface area contributed by atoms with Gasteiger partial charge in [0.1, 0.15) is 0 Å². The first kappa shape index (κ1) is 10.4. The van der Waals surface area contributed by atoms with Gasteiger partial charge in [0.15, 0.2) is 0 Å². The van der Waals surface area contributed by atoms with Gasteiger partial charge in [-0.3, -0.25) is 0 Å². The summed E-state index contributed by atoms with van der Waals surface area (Å²) >= 11 is 0. The largest absolute Gasteiger partial charge is 0.378 e. The van der Waals surface area contributed by atoms with Crippen LogP contribution in [0.2, 0.25) is 0 Å². The lowest BCUT2D eigenvalue weighted by molar-refractivity contribution is -0.000795. The normalized spacial score (nSPS) is 40.9. The van der Waals surface area contributed by atoms with Crippen LogP contribution in [0, 0.1) is 5.41 Å². The molecular weight excluding hydrogens is 174 g/mol. The Morgan fingerprint density at radius 1 is 1.43 bits per heavy atom. The average Bonchev–Trinajstić information content (AvgIpc) is 2.74. The molecule has 14 heavy (non-hydrogen) atoms. The standard InChI is InChI=1S/C12H23NO/c1-4-10-7-9(5-6-14-10)13-11-8-12(11,2)3/h9-11,13H,4-8H2,1-3H3. The van der Waals surface area contributed by atoms with Gasteiger partial charge in [-0.25, -0.2) is 0 Å². The zero-order valence-corrected chi connectivity index (χ0v) is 9.68. The quantitative estimate of drug-likeness (QED) is 0.750. The predicted octanol–water partition coefficient (Wildman–Crippen LogP) is 2.33. The summed E-state index contributed by atoms with van der Waals surface area (Å²) in [5, 5.41) is 3.77. The second-order valence-corrected chi connectivity index (χ2v) is 5.53. The van der Waals surface area contributed by atoms with Gasteiger partial charge in [-0.05, 0) is 31.1 Å². The number of nitrogens with one attached hydrogen (secondary N) is 1. The Kier molecular flexibility index (Phi) is 2.85. The molecule has 0 aromatic carbocycles. The molecule has 82 valence electrons. The molecule has 0 aromatic heterocycles. The van der Waals surface area contributed by atoms with Gasteiger partial charge < -0.3 is 10.1 Å². The Morgan fingerprint density at radius 2 is 2.14 bits per heavy atom. The van der Waals surface area contributed by atoms with Crippen molar-refractivity contribution in [2.75, 3.05) is 6.61 Å². The maximum atomic E-state index is 5.67. The first-order valence-corrected chi connectivity index (χ1v) is 5.99. The lowest BCUT2D eigenvalue weighted by Gasteiger charge is -2.30. The van der Waals surface area contributed by atoms with Gasteiger partial charge in [-0.2, -0.15) is 0 Å². The van der Waals surface area contributed by atoms with Crippen LogP contribution in [0.25, 0.3) is 0 Å². The number of hydrogen-bond acceptors (Lipinski definition) is 2. The van der Waals surface area contributed by atoms with Gasteiger partial charge in [0.25, 0.3) is 0 Å². The van der Waals surface area contributed by atoms with Gasteiger partial charge in [-0.1, -0.05) is 20.8 Å². The van der Waals surface area contributed by atoms with E-state index < -0.39 is 0 Å². The van der Waals surface area contributed by atoms with Crippen LogP contribution < -0.4 is 5.32 Å². The molecule has 0 radical (unpaired) electrons. The fraction of sp³-hybridized carbons (Fsp3) is 1.00. The highest BCUT2D eigenvalue weighted by Crippen LogP contribution is 2.45. The summed E-state index contributed by atoms with van der Waals surface area (Å²) in [4.78, 5) is 0. The minimum atomic E-state index is 0.503. The van der Waals surface area contributed by atoms with Gasteiger partial charge in [0.05, 0.1) is 6.10 Å². The predicted molar refractivity (Wildman–Crippen MR) is 58.4 cm³/mol. The molecule has 2 heteroatoms. The fourth-order valence-corrected chi connectivity index (χ4v) is 2.35. The molecule has 3 atom stereocenters. The van der Waals surface area contributed by atoms with Crippen molar-refractivity contribution in [3.05, 3.63) is 0 Å². The molecule has 0 spiro atoms. The highest BCUT2D eigenvalue weighted by atomic mass is 16.5. The van der Waals surface area contributed by atoms with Crippen molar-refractivity contribution in [3.8, 4) is 0 Å². The highest BCUT2D eigenvalue weighted by Gasteiger charge is 2.46. The van der Waals surface area contributed by atoms with E-state index in [-0.39, 0.29) is 0 Å². The maximum Gasteiger partial charge on any atom is 0.0587 e. The van der Waals surface area contributed by atoms with E-state index in [0.29, 0.717) is 17.6 Å². The highest BCUT2D eigenvalue weighted by molar-refractivity contribution is 5.03. The molecule has 1 saturated heterocycles. The average molecular weight is 197 g/mol. The zero-order valence-electron chi connectivity index (χ0n) is 9.68. The van der Waals surface area contributed by atoms with Gasteiger partial charge >= 0.3 is 0 Å². The van der Waals surface area contributed by atoms with Gasteiger partial charge in [-0.15, -0.1) is 0 Å². The van der Waals surface area contributed by atoms with E-state index in [2.05, 4.69) is 26.1 Å². The second-order valence-electron chi connectivity index (χ2n) is 5.53. The van der Waals surface area contributed by atoms with E-state index in [4.69, 9.17) is 4.74 Å². The SMILES string of the molecule is CCC1CC(NC2CC2(C)C)CCO1. The molecule has 2 aliphatic rings. The third-order valence-corrected chi connectivity index (χ3v) is 3.77. The molecule has 2 rings (SSSR count). The van der Waals surface area contributed by atoms with Crippen molar-refractivity contribution in [2.24, 2.45) is 5.41 Å². The molecule has 1 heterocycles. The summed E-state index contributed by atoms with van der Waals surface area (Å²) in [6.45, 7) is 7.86. The molecule has 0 aromatic rings. The van der Waals surface area contributed by atoms with Crippen molar-refractivity contribution < 1.29 is 4.74 Å². The van der Waals surface area contributed by atoms with E-state index >= 15 is 0 Å². The van der Waals surface area contributed by atoms with Crippen LogP contribution in [0.5, 0.6) is 0 Å². The van der Waals surface area contributed by atoms with Crippen molar-refractivity contribution >= 4 is 0 Å². The van der Waals surface area contributed by atoms with Crippen molar-refractivity contribution in [3.63, 3.8) is 0 Å². The summed E-state index contributed by atoms with van der Waals surface area (Å²) in [7, 11) is 0. The number of hydrogen-bond donors (Lipinski definition) is 1. The minimum Gasteiger partial charge on any atom is -0.378 e. The Bertz CT molecular complexity index is 202. The summed E-state index contributed by atoms with van der Waals surface area (Å²) in [5.74, 6) is 0. The lowest BCUT2D eigenvalue weighted by atomic mass is 10.0. The van der Waals surface area contributed by atoms with E-state index in [0.717, 1.165) is 19.1 Å². The van der Waals surface area contributed by atoms with Crippen LogP contribution in [-0.4, -0.2) is 24.8 Å². The molecule has 2 fully saturated rings. The maximum absolute atomic E-state index is 5.67. The minimum absolute atomic E-state index is 0.503. The smallest absolute Gasteiger partial charge is 0.0587 e.